The highest BCUT2D eigenvalue weighted by Gasteiger charge is 2.31. The number of para-hydroxylation sites is 1. The summed E-state index contributed by atoms with van der Waals surface area (Å²) in [6, 6.07) is 7.67. The lowest BCUT2D eigenvalue weighted by molar-refractivity contribution is -0.138. The number of aliphatic carboxylic acids is 1. The maximum Gasteiger partial charge on any atom is 0.323 e. The van der Waals surface area contributed by atoms with E-state index in [2.05, 4.69) is 23.9 Å². The van der Waals surface area contributed by atoms with E-state index in [1.54, 1.807) is 11.6 Å². The van der Waals surface area contributed by atoms with Gasteiger partial charge in [-0.2, -0.15) is 0 Å². The Kier molecular flexibility index (Phi) is 6.08. The first-order chi connectivity index (χ1) is 13.4. The standard InChI is InChI=1S/C20H26N4O4/c1-13(2)16-6-4-5-7-17(16)24-14(3)21-19(22-24)20(27)23(12-18(25)26)15-8-10-28-11-9-15/h4-7,13,15H,8-12H2,1-3H3,(H,25,26). The van der Waals surface area contributed by atoms with Crippen LogP contribution in [0, 0.1) is 6.92 Å². The fourth-order valence-electron chi connectivity index (χ4n) is 3.52. The second kappa shape index (κ2) is 8.52. The number of benzene rings is 1. The van der Waals surface area contributed by atoms with Crippen molar-refractivity contribution in [2.24, 2.45) is 0 Å². The van der Waals surface area contributed by atoms with E-state index in [0.717, 1.165) is 11.3 Å². The number of ether oxygens (including phenoxy) is 1. The first-order valence-electron chi connectivity index (χ1n) is 9.52. The molecule has 1 amide bonds. The van der Waals surface area contributed by atoms with Gasteiger partial charge in [0.2, 0.25) is 5.82 Å². The van der Waals surface area contributed by atoms with E-state index >= 15 is 0 Å². The normalized spacial score (nSPS) is 15.0. The molecule has 0 unspecified atom stereocenters. The van der Waals surface area contributed by atoms with Gasteiger partial charge in [-0.15, -0.1) is 5.10 Å². The lowest BCUT2D eigenvalue weighted by Gasteiger charge is -2.32. The predicted octanol–water partition coefficient (Wildman–Crippen LogP) is 2.40. The maximum absolute atomic E-state index is 13.1. The summed E-state index contributed by atoms with van der Waals surface area (Å²) >= 11 is 0. The third-order valence-corrected chi connectivity index (χ3v) is 4.95. The zero-order valence-corrected chi connectivity index (χ0v) is 16.5. The molecule has 1 aromatic heterocycles. The Hall–Kier alpha value is -2.74. The first kappa shape index (κ1) is 20.0. The number of amides is 1. The van der Waals surface area contributed by atoms with Gasteiger partial charge < -0.3 is 14.7 Å². The molecule has 0 bridgehead atoms. The Morgan fingerprint density at radius 3 is 2.61 bits per heavy atom. The monoisotopic (exact) mass is 386 g/mol. The number of carboxylic acids is 1. The summed E-state index contributed by atoms with van der Waals surface area (Å²) in [5.41, 5.74) is 1.97. The molecule has 1 aliphatic rings. The van der Waals surface area contributed by atoms with Gasteiger partial charge in [-0.05, 0) is 37.3 Å². The van der Waals surface area contributed by atoms with Crippen molar-refractivity contribution < 1.29 is 19.4 Å². The molecule has 28 heavy (non-hydrogen) atoms. The van der Waals surface area contributed by atoms with Crippen molar-refractivity contribution in [2.45, 2.75) is 45.6 Å². The van der Waals surface area contributed by atoms with E-state index in [0.29, 0.717) is 31.9 Å². The Bertz CT molecular complexity index is 856. The average Bonchev–Trinajstić information content (AvgIpc) is 3.07. The molecule has 150 valence electrons. The molecule has 8 nitrogen and oxygen atoms in total. The van der Waals surface area contributed by atoms with Crippen LogP contribution in [0.15, 0.2) is 24.3 Å². The van der Waals surface area contributed by atoms with Crippen molar-refractivity contribution in [2.75, 3.05) is 19.8 Å². The van der Waals surface area contributed by atoms with Crippen molar-refractivity contribution in [3.8, 4) is 5.69 Å². The maximum atomic E-state index is 13.1. The molecule has 3 rings (SSSR count). The Balaban J connectivity index is 1.94. The van der Waals surface area contributed by atoms with E-state index in [-0.39, 0.29) is 24.3 Å². The second-order valence-corrected chi connectivity index (χ2v) is 7.28. The number of hydrogen-bond donors (Lipinski definition) is 1. The predicted molar refractivity (Wildman–Crippen MR) is 103 cm³/mol. The van der Waals surface area contributed by atoms with E-state index in [1.807, 2.05) is 24.3 Å². The number of aromatic nitrogens is 3. The van der Waals surface area contributed by atoms with Crippen molar-refractivity contribution in [3.63, 3.8) is 0 Å². The number of aryl methyl sites for hydroxylation is 1. The molecule has 0 atom stereocenters. The molecule has 1 aromatic carbocycles. The molecule has 0 spiro atoms. The molecule has 1 aliphatic heterocycles. The van der Waals surface area contributed by atoms with Gasteiger partial charge in [-0.25, -0.2) is 9.67 Å². The highest BCUT2D eigenvalue weighted by Crippen LogP contribution is 2.24. The molecule has 1 N–H and O–H groups in total. The lowest BCUT2D eigenvalue weighted by Crippen LogP contribution is -2.46. The topological polar surface area (TPSA) is 97.6 Å². The minimum Gasteiger partial charge on any atom is -0.480 e. The number of carbonyl (C=O) groups is 2. The zero-order valence-electron chi connectivity index (χ0n) is 16.5. The number of carbonyl (C=O) groups excluding carboxylic acids is 1. The molecule has 1 saturated heterocycles. The Labute approximate surface area is 164 Å². The number of rotatable bonds is 6. The molecular weight excluding hydrogens is 360 g/mol. The third kappa shape index (κ3) is 4.22. The summed E-state index contributed by atoms with van der Waals surface area (Å²) in [6.07, 6.45) is 1.21. The van der Waals surface area contributed by atoms with Crippen LogP contribution in [0.1, 0.15) is 54.6 Å². The van der Waals surface area contributed by atoms with Crippen LogP contribution in [0.5, 0.6) is 0 Å². The van der Waals surface area contributed by atoms with Gasteiger partial charge in [0.05, 0.1) is 5.69 Å². The van der Waals surface area contributed by atoms with E-state index in [9.17, 15) is 14.7 Å². The van der Waals surface area contributed by atoms with Crippen molar-refractivity contribution in [1.29, 1.82) is 0 Å². The summed E-state index contributed by atoms with van der Waals surface area (Å²) in [6.45, 7) is 6.62. The summed E-state index contributed by atoms with van der Waals surface area (Å²) in [5, 5.41) is 13.7. The highest BCUT2D eigenvalue weighted by atomic mass is 16.5. The Morgan fingerprint density at radius 1 is 1.29 bits per heavy atom. The van der Waals surface area contributed by atoms with Gasteiger partial charge in [0.25, 0.3) is 5.91 Å². The van der Waals surface area contributed by atoms with Crippen LogP contribution < -0.4 is 0 Å². The van der Waals surface area contributed by atoms with Crippen LogP contribution in [0.25, 0.3) is 5.69 Å². The fourth-order valence-corrected chi connectivity index (χ4v) is 3.52. The van der Waals surface area contributed by atoms with Gasteiger partial charge in [0, 0.05) is 19.3 Å². The van der Waals surface area contributed by atoms with Crippen molar-refractivity contribution in [1.82, 2.24) is 19.7 Å². The largest absolute Gasteiger partial charge is 0.480 e. The summed E-state index contributed by atoms with van der Waals surface area (Å²) in [4.78, 5) is 30.1. The van der Waals surface area contributed by atoms with Crippen molar-refractivity contribution >= 4 is 11.9 Å². The number of hydrogen-bond acceptors (Lipinski definition) is 5. The molecule has 1 fully saturated rings. The highest BCUT2D eigenvalue weighted by molar-refractivity contribution is 5.92. The van der Waals surface area contributed by atoms with Gasteiger partial charge in [0.1, 0.15) is 12.4 Å². The van der Waals surface area contributed by atoms with Crippen LogP contribution in [-0.2, 0) is 9.53 Å². The quantitative estimate of drug-likeness (QED) is 0.819. The second-order valence-electron chi connectivity index (χ2n) is 7.28. The first-order valence-corrected chi connectivity index (χ1v) is 9.52. The van der Waals surface area contributed by atoms with Gasteiger partial charge in [-0.1, -0.05) is 32.0 Å². The molecule has 0 saturated carbocycles. The van der Waals surface area contributed by atoms with Gasteiger partial charge >= 0.3 is 5.97 Å². The molecule has 2 heterocycles. The van der Waals surface area contributed by atoms with E-state index in [1.165, 1.54) is 4.90 Å². The average molecular weight is 386 g/mol. The summed E-state index contributed by atoms with van der Waals surface area (Å²) in [7, 11) is 0. The zero-order chi connectivity index (χ0) is 20.3. The van der Waals surface area contributed by atoms with Crippen LogP contribution in [0.4, 0.5) is 0 Å². The Morgan fingerprint density at radius 2 is 1.96 bits per heavy atom. The number of carboxylic acid groups (broad SMARTS) is 1. The van der Waals surface area contributed by atoms with E-state index < -0.39 is 11.9 Å². The summed E-state index contributed by atoms with van der Waals surface area (Å²) in [5.74, 6) is -0.633. The minimum atomic E-state index is -1.05. The van der Waals surface area contributed by atoms with Crippen LogP contribution in [-0.4, -0.2) is 62.4 Å². The molecule has 0 aliphatic carbocycles. The minimum absolute atomic E-state index is 0.0174. The van der Waals surface area contributed by atoms with Gasteiger partial charge in [-0.3, -0.25) is 9.59 Å². The summed E-state index contributed by atoms with van der Waals surface area (Å²) < 4.78 is 6.99. The number of nitrogens with zero attached hydrogens (tertiary/aromatic N) is 4. The lowest BCUT2D eigenvalue weighted by atomic mass is 10.0. The fraction of sp³-hybridized carbons (Fsp3) is 0.500. The van der Waals surface area contributed by atoms with Crippen LogP contribution in [0.3, 0.4) is 0 Å². The van der Waals surface area contributed by atoms with Crippen LogP contribution in [0.2, 0.25) is 0 Å². The van der Waals surface area contributed by atoms with Gasteiger partial charge in [0.15, 0.2) is 0 Å². The van der Waals surface area contributed by atoms with E-state index in [4.69, 9.17) is 4.74 Å². The molecule has 0 radical (unpaired) electrons. The molecular formula is C20H26N4O4. The molecule has 8 heteroatoms. The van der Waals surface area contributed by atoms with Crippen molar-refractivity contribution in [3.05, 3.63) is 41.5 Å². The van der Waals surface area contributed by atoms with Crippen LogP contribution >= 0.6 is 0 Å². The molecule has 2 aromatic rings. The smallest absolute Gasteiger partial charge is 0.323 e. The SMILES string of the molecule is Cc1nc(C(=O)N(CC(=O)O)C2CCOCC2)nn1-c1ccccc1C(C)C. The third-order valence-electron chi connectivity index (χ3n) is 4.95.